The molecule has 0 aliphatic rings. The molecular formula is C11H11F5N2O2. The Bertz CT molecular complexity index is 502. The van der Waals surface area contributed by atoms with Crippen LogP contribution >= 0.6 is 0 Å². The van der Waals surface area contributed by atoms with Crippen LogP contribution in [0.4, 0.5) is 27.6 Å². The Morgan fingerprint density at radius 3 is 2.50 bits per heavy atom. The highest BCUT2D eigenvalue weighted by Gasteiger charge is 2.39. The van der Waals surface area contributed by atoms with Crippen molar-refractivity contribution < 1.29 is 31.5 Å². The van der Waals surface area contributed by atoms with Crippen molar-refractivity contribution in [2.24, 2.45) is 0 Å². The number of anilines is 1. The summed E-state index contributed by atoms with van der Waals surface area (Å²) in [6.45, 7) is 1.36. The number of nitrogen functional groups attached to an aromatic ring is 1. The van der Waals surface area contributed by atoms with Crippen LogP contribution in [0.15, 0.2) is 6.20 Å². The van der Waals surface area contributed by atoms with E-state index in [0.29, 0.717) is 6.20 Å². The quantitative estimate of drug-likeness (QED) is 0.685. The van der Waals surface area contributed by atoms with E-state index in [2.05, 4.69) is 9.72 Å². The number of hydrogen-bond donors (Lipinski definition) is 1. The molecule has 20 heavy (non-hydrogen) atoms. The van der Waals surface area contributed by atoms with Crippen molar-refractivity contribution >= 4 is 11.7 Å². The summed E-state index contributed by atoms with van der Waals surface area (Å²) in [6, 6.07) is 0. The average Bonchev–Trinajstić information content (AvgIpc) is 2.26. The number of ether oxygens (including phenoxy) is 1. The predicted molar refractivity (Wildman–Crippen MR) is 58.9 cm³/mol. The molecule has 1 rings (SSSR count). The van der Waals surface area contributed by atoms with E-state index in [1.807, 2.05) is 0 Å². The lowest BCUT2D eigenvalue weighted by Gasteiger charge is -2.17. The zero-order valence-electron chi connectivity index (χ0n) is 10.3. The fraction of sp³-hybridized carbons (Fsp3) is 0.455. The minimum Gasteiger partial charge on any atom is -0.466 e. The Labute approximate surface area is 110 Å². The lowest BCUT2D eigenvalue weighted by Crippen LogP contribution is -2.19. The van der Waals surface area contributed by atoms with Crippen LogP contribution in [0.3, 0.4) is 0 Å². The minimum absolute atomic E-state index is 0.0834. The third kappa shape index (κ3) is 3.55. The first-order chi connectivity index (χ1) is 9.18. The van der Waals surface area contributed by atoms with Crippen LogP contribution < -0.4 is 5.73 Å². The zero-order chi connectivity index (χ0) is 15.5. The molecule has 0 aliphatic carbocycles. The van der Waals surface area contributed by atoms with Crippen molar-refractivity contribution in [1.29, 1.82) is 0 Å². The summed E-state index contributed by atoms with van der Waals surface area (Å²) in [5.41, 5.74) is 0.774. The van der Waals surface area contributed by atoms with E-state index in [4.69, 9.17) is 5.73 Å². The number of hydrogen-bond acceptors (Lipinski definition) is 4. The highest BCUT2D eigenvalue weighted by atomic mass is 19.4. The van der Waals surface area contributed by atoms with Gasteiger partial charge in [-0.3, -0.25) is 9.78 Å². The number of carbonyl (C=O) groups is 1. The van der Waals surface area contributed by atoms with Crippen molar-refractivity contribution in [3.63, 3.8) is 0 Å². The van der Waals surface area contributed by atoms with Crippen LogP contribution in [0.25, 0.3) is 0 Å². The fourth-order valence-corrected chi connectivity index (χ4v) is 1.64. The van der Waals surface area contributed by atoms with E-state index in [9.17, 15) is 26.7 Å². The topological polar surface area (TPSA) is 65.2 Å². The molecule has 112 valence electrons. The number of rotatable bonds is 4. The molecule has 0 aromatic carbocycles. The summed E-state index contributed by atoms with van der Waals surface area (Å²) in [6.07, 6.45) is -8.71. The predicted octanol–water partition coefficient (Wildman–Crippen LogP) is 2.73. The standard InChI is InChI=1S/C11H11F5N2O2/c1-2-20-7(19)3-5-8(11(14,15)16)6(17)4-18-9(5)10(12)13/h4,10H,2-3,17H2,1H3. The molecule has 0 bridgehead atoms. The number of pyridine rings is 1. The first-order valence-electron chi connectivity index (χ1n) is 5.46. The minimum atomic E-state index is -4.97. The van der Waals surface area contributed by atoms with Gasteiger partial charge in [-0.25, -0.2) is 8.78 Å². The first-order valence-corrected chi connectivity index (χ1v) is 5.46. The molecule has 1 aromatic heterocycles. The van der Waals surface area contributed by atoms with Crippen molar-refractivity contribution in [2.75, 3.05) is 12.3 Å². The first kappa shape index (κ1) is 16.1. The molecule has 0 radical (unpaired) electrons. The smallest absolute Gasteiger partial charge is 0.418 e. The summed E-state index contributed by atoms with van der Waals surface area (Å²) >= 11 is 0. The van der Waals surface area contributed by atoms with Gasteiger partial charge in [0.05, 0.1) is 30.5 Å². The Morgan fingerprint density at radius 1 is 1.45 bits per heavy atom. The van der Waals surface area contributed by atoms with Crippen molar-refractivity contribution in [3.05, 3.63) is 23.0 Å². The van der Waals surface area contributed by atoms with Gasteiger partial charge in [-0.15, -0.1) is 0 Å². The number of aromatic nitrogens is 1. The average molecular weight is 298 g/mol. The molecule has 0 unspecified atom stereocenters. The van der Waals surface area contributed by atoms with E-state index in [1.54, 1.807) is 0 Å². The monoisotopic (exact) mass is 298 g/mol. The Morgan fingerprint density at radius 2 is 2.05 bits per heavy atom. The summed E-state index contributed by atoms with van der Waals surface area (Å²) in [7, 11) is 0. The molecule has 0 fully saturated rings. The number of esters is 1. The van der Waals surface area contributed by atoms with Gasteiger partial charge in [0.2, 0.25) is 0 Å². The number of nitrogens with two attached hydrogens (primary N) is 1. The van der Waals surface area contributed by atoms with Crippen LogP contribution in [0.5, 0.6) is 0 Å². The molecule has 9 heteroatoms. The number of nitrogens with zero attached hydrogens (tertiary/aromatic N) is 1. The maximum atomic E-state index is 12.9. The molecule has 0 saturated carbocycles. The summed E-state index contributed by atoms with van der Waals surface area (Å²) in [5.74, 6) is -1.06. The number of alkyl halides is 5. The third-order valence-electron chi connectivity index (χ3n) is 2.36. The van der Waals surface area contributed by atoms with Gasteiger partial charge in [0.1, 0.15) is 5.69 Å². The van der Waals surface area contributed by atoms with Crippen LogP contribution in [-0.4, -0.2) is 17.6 Å². The van der Waals surface area contributed by atoms with Crippen molar-refractivity contribution in [2.45, 2.75) is 25.9 Å². The highest BCUT2D eigenvalue weighted by molar-refractivity contribution is 5.74. The van der Waals surface area contributed by atoms with Gasteiger partial charge < -0.3 is 10.5 Å². The molecule has 0 amide bonds. The Balaban J connectivity index is 3.41. The Hall–Kier alpha value is -1.93. The zero-order valence-corrected chi connectivity index (χ0v) is 10.3. The van der Waals surface area contributed by atoms with Gasteiger partial charge >= 0.3 is 12.1 Å². The molecule has 4 nitrogen and oxygen atoms in total. The lowest BCUT2D eigenvalue weighted by molar-refractivity contribution is -0.143. The van der Waals surface area contributed by atoms with Crippen LogP contribution in [-0.2, 0) is 22.1 Å². The molecule has 0 atom stereocenters. The van der Waals surface area contributed by atoms with Gasteiger partial charge in [0.25, 0.3) is 6.43 Å². The molecule has 1 heterocycles. The third-order valence-corrected chi connectivity index (χ3v) is 2.36. The molecule has 1 aromatic rings. The molecular weight excluding hydrogens is 287 g/mol. The number of carbonyl (C=O) groups excluding carboxylic acids is 1. The van der Waals surface area contributed by atoms with E-state index in [0.717, 1.165) is 0 Å². The highest BCUT2D eigenvalue weighted by Crippen LogP contribution is 2.39. The SMILES string of the molecule is CCOC(=O)Cc1c(C(F)F)ncc(N)c1C(F)(F)F. The lowest BCUT2D eigenvalue weighted by atomic mass is 10.0. The second kappa shape index (κ2) is 6.02. The van der Waals surface area contributed by atoms with Gasteiger partial charge in [0, 0.05) is 5.56 Å². The van der Waals surface area contributed by atoms with Gasteiger partial charge in [-0.2, -0.15) is 13.2 Å². The van der Waals surface area contributed by atoms with Crippen LogP contribution in [0.1, 0.15) is 30.2 Å². The van der Waals surface area contributed by atoms with E-state index in [1.165, 1.54) is 6.92 Å². The van der Waals surface area contributed by atoms with Gasteiger partial charge in [0.15, 0.2) is 0 Å². The second-order valence-corrected chi connectivity index (χ2v) is 3.73. The largest absolute Gasteiger partial charge is 0.466 e. The molecule has 0 saturated heterocycles. The summed E-state index contributed by atoms with van der Waals surface area (Å²) in [5, 5.41) is 0. The normalized spacial score (nSPS) is 11.8. The second-order valence-electron chi connectivity index (χ2n) is 3.73. The maximum Gasteiger partial charge on any atom is 0.418 e. The van der Waals surface area contributed by atoms with E-state index in [-0.39, 0.29) is 6.61 Å². The van der Waals surface area contributed by atoms with Crippen LogP contribution in [0.2, 0.25) is 0 Å². The molecule has 2 N–H and O–H groups in total. The van der Waals surface area contributed by atoms with Crippen molar-refractivity contribution in [3.8, 4) is 0 Å². The summed E-state index contributed by atoms with van der Waals surface area (Å²) < 4.78 is 68.6. The Kier molecular flexibility index (Phi) is 4.85. The van der Waals surface area contributed by atoms with Crippen LogP contribution in [0, 0.1) is 0 Å². The fourth-order valence-electron chi connectivity index (χ4n) is 1.64. The summed E-state index contributed by atoms with van der Waals surface area (Å²) in [4.78, 5) is 14.5. The maximum absolute atomic E-state index is 12.9. The van der Waals surface area contributed by atoms with Crippen molar-refractivity contribution in [1.82, 2.24) is 4.98 Å². The van der Waals surface area contributed by atoms with Gasteiger partial charge in [-0.05, 0) is 6.92 Å². The van der Waals surface area contributed by atoms with Gasteiger partial charge in [-0.1, -0.05) is 0 Å². The number of halogens is 5. The molecule has 0 aliphatic heterocycles. The van der Waals surface area contributed by atoms with E-state index >= 15 is 0 Å². The molecule has 0 spiro atoms. The van der Waals surface area contributed by atoms with E-state index < -0.39 is 47.5 Å².